The van der Waals surface area contributed by atoms with Crippen molar-refractivity contribution < 1.29 is 0 Å². The van der Waals surface area contributed by atoms with E-state index in [2.05, 4.69) is 31.8 Å². The van der Waals surface area contributed by atoms with Gasteiger partial charge in [0.15, 0.2) is 0 Å². The number of fused-ring (bicyclic) bond motifs is 1. The molecule has 15 heavy (non-hydrogen) atoms. The van der Waals surface area contributed by atoms with Gasteiger partial charge in [-0.05, 0) is 18.1 Å². The van der Waals surface area contributed by atoms with Crippen molar-refractivity contribution in [1.82, 2.24) is 0 Å². The van der Waals surface area contributed by atoms with E-state index in [1.54, 1.807) is 0 Å². The highest BCUT2D eigenvalue weighted by Crippen LogP contribution is 2.30. The summed E-state index contributed by atoms with van der Waals surface area (Å²) in [4.78, 5) is 4.64. The highest BCUT2D eigenvalue weighted by molar-refractivity contribution is 6.06. The average Bonchev–Trinajstić information content (AvgIpc) is 2.16. The second-order valence-electron chi connectivity index (χ2n) is 5.10. The fourth-order valence-electron chi connectivity index (χ4n) is 2.11. The van der Waals surface area contributed by atoms with E-state index in [0.29, 0.717) is 0 Å². The topological polar surface area (TPSA) is 38.4 Å². The summed E-state index contributed by atoms with van der Waals surface area (Å²) in [6, 6.07) is 6.13. The molecule has 0 saturated heterocycles. The molecule has 0 unspecified atom stereocenters. The first-order valence-corrected chi connectivity index (χ1v) is 5.43. The molecule has 0 bridgehead atoms. The molecule has 1 aromatic carbocycles. The monoisotopic (exact) mass is 202 g/mol. The lowest BCUT2D eigenvalue weighted by atomic mass is 9.81. The molecule has 0 aromatic heterocycles. The van der Waals surface area contributed by atoms with Gasteiger partial charge < -0.3 is 5.73 Å². The summed E-state index contributed by atoms with van der Waals surface area (Å²) in [7, 11) is 0. The Hall–Kier alpha value is -1.31. The van der Waals surface area contributed by atoms with Crippen molar-refractivity contribution in [1.29, 1.82) is 0 Å². The summed E-state index contributed by atoms with van der Waals surface area (Å²) in [5.74, 6) is 0. The van der Waals surface area contributed by atoms with Crippen molar-refractivity contribution in [2.24, 2.45) is 10.4 Å². The van der Waals surface area contributed by atoms with Crippen LogP contribution >= 0.6 is 0 Å². The van der Waals surface area contributed by atoms with Crippen LogP contribution in [0, 0.1) is 5.41 Å². The van der Waals surface area contributed by atoms with Crippen LogP contribution in [0.4, 0.5) is 5.69 Å². The third-order valence-electron chi connectivity index (χ3n) is 2.81. The van der Waals surface area contributed by atoms with Gasteiger partial charge in [-0.15, -0.1) is 0 Å². The van der Waals surface area contributed by atoms with Gasteiger partial charge in [0.2, 0.25) is 0 Å². The van der Waals surface area contributed by atoms with Crippen LogP contribution in [0.1, 0.15) is 31.9 Å². The van der Waals surface area contributed by atoms with Crippen LogP contribution in [-0.2, 0) is 6.42 Å². The number of anilines is 1. The number of aliphatic imine (C=N–C) groups is 1. The lowest BCUT2D eigenvalue weighted by Gasteiger charge is -2.27. The molecule has 1 heterocycles. The third-order valence-corrected chi connectivity index (χ3v) is 2.81. The lowest BCUT2D eigenvalue weighted by molar-refractivity contribution is 0.585. The molecule has 1 aliphatic heterocycles. The van der Waals surface area contributed by atoms with Gasteiger partial charge in [0, 0.05) is 28.9 Å². The lowest BCUT2D eigenvalue weighted by Crippen LogP contribution is -2.26. The predicted octanol–water partition coefficient (Wildman–Crippen LogP) is 2.66. The number of nitrogens with two attached hydrogens (primary N) is 1. The molecule has 0 aliphatic carbocycles. The molecule has 0 fully saturated rings. The van der Waals surface area contributed by atoms with Crippen molar-refractivity contribution in [3.8, 4) is 0 Å². The zero-order valence-corrected chi connectivity index (χ0v) is 9.67. The van der Waals surface area contributed by atoms with Gasteiger partial charge in [-0.2, -0.15) is 0 Å². The van der Waals surface area contributed by atoms with Gasteiger partial charge in [0.05, 0.1) is 0 Å². The smallest absolute Gasteiger partial charge is 0.0477 e. The van der Waals surface area contributed by atoms with Crippen LogP contribution in [0.5, 0.6) is 0 Å². The maximum atomic E-state index is 5.99. The zero-order chi connectivity index (χ0) is 11.1. The summed E-state index contributed by atoms with van der Waals surface area (Å²) in [6.07, 6.45) is 0.974. The minimum absolute atomic E-state index is 0.100. The number of hydrogen-bond donors (Lipinski definition) is 1. The number of benzene rings is 1. The second-order valence-corrected chi connectivity index (χ2v) is 5.10. The van der Waals surface area contributed by atoms with E-state index in [1.807, 2.05) is 12.1 Å². The highest BCUT2D eigenvalue weighted by atomic mass is 14.8. The molecule has 2 N–H and O–H groups in total. The van der Waals surface area contributed by atoms with Crippen LogP contribution in [0.15, 0.2) is 23.2 Å². The summed E-state index contributed by atoms with van der Waals surface area (Å²) in [5.41, 5.74) is 10.7. The van der Waals surface area contributed by atoms with E-state index in [1.165, 1.54) is 16.8 Å². The first kappa shape index (κ1) is 10.2. The fraction of sp³-hybridized carbons (Fsp3) is 0.462. The van der Waals surface area contributed by atoms with E-state index < -0.39 is 0 Å². The Bertz CT molecular complexity index is 411. The summed E-state index contributed by atoms with van der Waals surface area (Å²) < 4.78 is 0. The second kappa shape index (κ2) is 3.37. The number of hydrogen-bond acceptors (Lipinski definition) is 2. The minimum atomic E-state index is 0.100. The van der Waals surface area contributed by atoms with Gasteiger partial charge >= 0.3 is 0 Å². The maximum absolute atomic E-state index is 5.99. The third kappa shape index (κ3) is 1.76. The highest BCUT2D eigenvalue weighted by Gasteiger charge is 2.25. The van der Waals surface area contributed by atoms with Gasteiger partial charge in [-0.25, -0.2) is 0 Å². The molecular formula is C13H18N2. The number of nitrogen functional groups attached to an aromatic ring is 1. The normalized spacial score (nSPS) is 15.8. The Balaban J connectivity index is 2.57. The van der Waals surface area contributed by atoms with Gasteiger partial charge in [-0.3, -0.25) is 4.99 Å². The molecule has 0 amide bonds. The first-order valence-electron chi connectivity index (χ1n) is 5.43. The maximum Gasteiger partial charge on any atom is 0.0477 e. The van der Waals surface area contributed by atoms with Crippen molar-refractivity contribution in [3.63, 3.8) is 0 Å². The van der Waals surface area contributed by atoms with Crippen molar-refractivity contribution >= 4 is 11.4 Å². The largest absolute Gasteiger partial charge is 0.398 e. The van der Waals surface area contributed by atoms with Crippen LogP contribution < -0.4 is 5.73 Å². The van der Waals surface area contributed by atoms with E-state index in [9.17, 15) is 0 Å². The van der Waals surface area contributed by atoms with E-state index >= 15 is 0 Å². The van der Waals surface area contributed by atoms with Crippen LogP contribution in [0.25, 0.3) is 0 Å². The van der Waals surface area contributed by atoms with Crippen LogP contribution in [-0.4, -0.2) is 12.3 Å². The van der Waals surface area contributed by atoms with E-state index in [-0.39, 0.29) is 5.41 Å². The SMILES string of the molecule is CC(C)(C)C1=NCCc2c(N)cccc21. The fourth-order valence-corrected chi connectivity index (χ4v) is 2.11. The Morgan fingerprint density at radius 3 is 2.67 bits per heavy atom. The van der Waals surface area contributed by atoms with Gasteiger partial charge in [0.25, 0.3) is 0 Å². The van der Waals surface area contributed by atoms with E-state index in [4.69, 9.17) is 5.73 Å². The summed E-state index contributed by atoms with van der Waals surface area (Å²) >= 11 is 0. The quantitative estimate of drug-likeness (QED) is 0.645. The Kier molecular flexibility index (Phi) is 2.29. The summed E-state index contributed by atoms with van der Waals surface area (Å²) in [6.45, 7) is 7.46. The number of nitrogens with zero attached hydrogens (tertiary/aromatic N) is 1. The van der Waals surface area contributed by atoms with Crippen LogP contribution in [0.2, 0.25) is 0 Å². The van der Waals surface area contributed by atoms with Crippen molar-refractivity contribution in [3.05, 3.63) is 29.3 Å². The molecule has 2 rings (SSSR count). The average molecular weight is 202 g/mol. The minimum Gasteiger partial charge on any atom is -0.398 e. The molecular weight excluding hydrogens is 184 g/mol. The predicted molar refractivity (Wildman–Crippen MR) is 65.4 cm³/mol. The molecule has 80 valence electrons. The molecule has 0 spiro atoms. The molecule has 0 atom stereocenters. The standard InChI is InChI=1S/C13H18N2/c1-13(2,3)12-10-5-4-6-11(14)9(10)7-8-15-12/h4-6H,7-8,14H2,1-3H3. The molecule has 1 aromatic rings. The first-order chi connectivity index (χ1) is 7.00. The summed E-state index contributed by atoms with van der Waals surface area (Å²) in [5, 5.41) is 0. The Morgan fingerprint density at radius 1 is 1.27 bits per heavy atom. The van der Waals surface area contributed by atoms with Crippen molar-refractivity contribution in [2.75, 3.05) is 12.3 Å². The van der Waals surface area contributed by atoms with Crippen LogP contribution in [0.3, 0.4) is 0 Å². The van der Waals surface area contributed by atoms with Gasteiger partial charge in [-0.1, -0.05) is 32.9 Å². The Morgan fingerprint density at radius 2 is 2.00 bits per heavy atom. The number of rotatable bonds is 0. The zero-order valence-electron chi connectivity index (χ0n) is 9.67. The molecule has 2 heteroatoms. The van der Waals surface area contributed by atoms with Crippen molar-refractivity contribution in [2.45, 2.75) is 27.2 Å². The van der Waals surface area contributed by atoms with Gasteiger partial charge in [0.1, 0.15) is 0 Å². The Labute approximate surface area is 91.2 Å². The molecule has 1 aliphatic rings. The van der Waals surface area contributed by atoms with E-state index in [0.717, 1.165) is 18.7 Å². The molecule has 0 saturated carbocycles. The molecule has 2 nitrogen and oxygen atoms in total. The molecule has 0 radical (unpaired) electrons.